The highest BCUT2D eigenvalue weighted by Gasteiger charge is 2.10. The van der Waals surface area contributed by atoms with Gasteiger partial charge in [0.05, 0.1) is 18.3 Å². The Bertz CT molecular complexity index is 639. The molecule has 0 atom stereocenters. The van der Waals surface area contributed by atoms with Crippen molar-refractivity contribution >= 4 is 11.7 Å². The fraction of sp³-hybridized carbons (Fsp3) is 0.333. The Kier molecular flexibility index (Phi) is 6.11. The average Bonchev–Trinajstić information content (AvgIpc) is 2.58. The summed E-state index contributed by atoms with van der Waals surface area (Å²) in [5.74, 6) is 0.431. The second-order valence-electron chi connectivity index (χ2n) is 5.51. The van der Waals surface area contributed by atoms with Gasteiger partial charge < -0.3 is 15.4 Å². The number of amides is 1. The summed E-state index contributed by atoms with van der Waals surface area (Å²) in [5.41, 5.74) is 2.80. The molecule has 0 aliphatic rings. The van der Waals surface area contributed by atoms with Gasteiger partial charge >= 0.3 is 0 Å². The van der Waals surface area contributed by atoms with Crippen LogP contribution in [0.4, 0.5) is 5.82 Å². The molecule has 0 radical (unpaired) electrons. The van der Waals surface area contributed by atoms with E-state index >= 15 is 0 Å². The van der Waals surface area contributed by atoms with Gasteiger partial charge in [0.15, 0.2) is 0 Å². The van der Waals surface area contributed by atoms with E-state index in [0.717, 1.165) is 11.1 Å². The van der Waals surface area contributed by atoms with Gasteiger partial charge in [0.1, 0.15) is 5.82 Å². The molecule has 0 saturated heterocycles. The number of rotatable bonds is 7. The van der Waals surface area contributed by atoms with Crippen molar-refractivity contribution in [2.75, 3.05) is 12.4 Å². The summed E-state index contributed by atoms with van der Waals surface area (Å²) < 4.78 is 5.58. The lowest BCUT2D eigenvalue weighted by Gasteiger charge is -2.11. The van der Waals surface area contributed by atoms with E-state index in [0.29, 0.717) is 24.5 Å². The Morgan fingerprint density at radius 2 is 1.87 bits per heavy atom. The molecular formula is C18H23N3O2. The predicted octanol–water partition coefficient (Wildman–Crippen LogP) is 2.98. The van der Waals surface area contributed by atoms with E-state index < -0.39 is 0 Å². The molecule has 2 N–H and O–H groups in total. The van der Waals surface area contributed by atoms with Crippen molar-refractivity contribution in [2.45, 2.75) is 33.1 Å². The molecule has 122 valence electrons. The van der Waals surface area contributed by atoms with E-state index in [1.165, 1.54) is 0 Å². The minimum atomic E-state index is -0.151. The van der Waals surface area contributed by atoms with Gasteiger partial charge in [0.25, 0.3) is 5.91 Å². The van der Waals surface area contributed by atoms with Crippen LogP contribution in [0.15, 0.2) is 42.6 Å². The maximum Gasteiger partial charge on any atom is 0.254 e. The van der Waals surface area contributed by atoms with Crippen molar-refractivity contribution in [1.29, 1.82) is 0 Å². The molecule has 1 amide bonds. The van der Waals surface area contributed by atoms with E-state index in [1.807, 2.05) is 13.8 Å². The third-order valence-electron chi connectivity index (χ3n) is 3.35. The van der Waals surface area contributed by atoms with Crippen molar-refractivity contribution in [3.05, 3.63) is 59.3 Å². The number of pyridine rings is 1. The molecule has 0 bridgehead atoms. The third-order valence-corrected chi connectivity index (χ3v) is 3.35. The van der Waals surface area contributed by atoms with Crippen molar-refractivity contribution in [3.8, 4) is 0 Å². The molecule has 0 fully saturated rings. The Balaban J connectivity index is 1.97. The Morgan fingerprint density at radius 1 is 1.17 bits per heavy atom. The van der Waals surface area contributed by atoms with E-state index in [4.69, 9.17) is 4.74 Å². The van der Waals surface area contributed by atoms with Gasteiger partial charge in [0, 0.05) is 19.8 Å². The summed E-state index contributed by atoms with van der Waals surface area (Å²) in [4.78, 5) is 16.0. The van der Waals surface area contributed by atoms with Crippen LogP contribution in [0, 0.1) is 0 Å². The van der Waals surface area contributed by atoms with Gasteiger partial charge in [-0.05, 0) is 37.1 Å². The monoisotopic (exact) mass is 313 g/mol. The van der Waals surface area contributed by atoms with Crippen LogP contribution in [0.3, 0.4) is 0 Å². The van der Waals surface area contributed by atoms with Crippen LogP contribution in [0.1, 0.15) is 35.3 Å². The van der Waals surface area contributed by atoms with Crippen LogP contribution in [-0.2, 0) is 17.9 Å². The average molecular weight is 313 g/mol. The number of aromatic nitrogens is 1. The minimum Gasteiger partial charge on any atom is -0.374 e. The minimum absolute atomic E-state index is 0.151. The second-order valence-corrected chi connectivity index (χ2v) is 5.51. The quantitative estimate of drug-likeness (QED) is 0.825. The van der Waals surface area contributed by atoms with Gasteiger partial charge in [0.2, 0.25) is 0 Å². The molecule has 0 aliphatic carbocycles. The molecule has 2 aromatic rings. The normalized spacial score (nSPS) is 10.6. The van der Waals surface area contributed by atoms with E-state index in [-0.39, 0.29) is 12.0 Å². The van der Waals surface area contributed by atoms with Crippen molar-refractivity contribution in [1.82, 2.24) is 10.3 Å². The molecule has 23 heavy (non-hydrogen) atoms. The molecule has 0 unspecified atom stereocenters. The first kappa shape index (κ1) is 17.0. The largest absolute Gasteiger partial charge is 0.374 e. The number of hydrogen-bond acceptors (Lipinski definition) is 4. The Morgan fingerprint density at radius 3 is 2.52 bits per heavy atom. The molecule has 0 spiro atoms. The summed E-state index contributed by atoms with van der Waals surface area (Å²) in [6.45, 7) is 5.27. The third kappa shape index (κ3) is 5.07. The van der Waals surface area contributed by atoms with E-state index in [9.17, 15) is 4.79 Å². The lowest BCUT2D eigenvalue weighted by molar-refractivity contribution is 0.0657. The molecule has 1 aromatic carbocycles. The first-order valence-electron chi connectivity index (χ1n) is 7.70. The number of ether oxygens (including phenoxy) is 1. The highest BCUT2D eigenvalue weighted by Crippen LogP contribution is 2.13. The second kappa shape index (κ2) is 8.29. The summed E-state index contributed by atoms with van der Waals surface area (Å²) in [7, 11) is 1.61. The van der Waals surface area contributed by atoms with Gasteiger partial charge in [-0.3, -0.25) is 4.79 Å². The molecule has 1 aromatic heterocycles. The van der Waals surface area contributed by atoms with E-state index in [1.54, 1.807) is 25.4 Å². The molecule has 2 rings (SSSR count). The fourth-order valence-electron chi connectivity index (χ4n) is 2.07. The topological polar surface area (TPSA) is 63.2 Å². The number of anilines is 1. The van der Waals surface area contributed by atoms with Crippen molar-refractivity contribution < 1.29 is 9.53 Å². The predicted molar refractivity (Wildman–Crippen MR) is 91.3 cm³/mol. The summed E-state index contributed by atoms with van der Waals surface area (Å²) >= 11 is 0. The summed E-state index contributed by atoms with van der Waals surface area (Å²) in [6.07, 6.45) is 1.89. The van der Waals surface area contributed by atoms with Gasteiger partial charge in [-0.25, -0.2) is 4.98 Å². The van der Waals surface area contributed by atoms with Crippen molar-refractivity contribution in [3.63, 3.8) is 0 Å². The van der Waals surface area contributed by atoms with Crippen molar-refractivity contribution in [2.24, 2.45) is 0 Å². The van der Waals surface area contributed by atoms with Gasteiger partial charge in [-0.1, -0.05) is 24.3 Å². The Labute approximate surface area is 137 Å². The molecule has 0 aliphatic heterocycles. The van der Waals surface area contributed by atoms with Crippen LogP contribution in [0.2, 0.25) is 0 Å². The molecule has 5 nitrogen and oxygen atoms in total. The van der Waals surface area contributed by atoms with Gasteiger partial charge in [-0.15, -0.1) is 0 Å². The maximum absolute atomic E-state index is 11.8. The van der Waals surface area contributed by atoms with Gasteiger partial charge in [-0.2, -0.15) is 0 Å². The molecule has 5 heteroatoms. The lowest BCUT2D eigenvalue weighted by atomic mass is 10.1. The number of nitrogens with one attached hydrogen (secondary N) is 2. The fourth-order valence-corrected chi connectivity index (χ4v) is 2.07. The van der Waals surface area contributed by atoms with E-state index in [2.05, 4.69) is 39.9 Å². The maximum atomic E-state index is 11.8. The molecule has 1 heterocycles. The molecular weight excluding hydrogens is 290 g/mol. The van der Waals surface area contributed by atoms with Crippen LogP contribution >= 0.6 is 0 Å². The first-order valence-corrected chi connectivity index (χ1v) is 7.70. The number of benzene rings is 1. The smallest absolute Gasteiger partial charge is 0.254 e. The number of hydrogen-bond donors (Lipinski definition) is 2. The zero-order chi connectivity index (χ0) is 16.7. The zero-order valence-electron chi connectivity index (χ0n) is 13.8. The van der Waals surface area contributed by atoms with Crippen LogP contribution in [-0.4, -0.2) is 24.0 Å². The molecule has 0 saturated carbocycles. The van der Waals surface area contributed by atoms with Crippen LogP contribution < -0.4 is 10.6 Å². The zero-order valence-corrected chi connectivity index (χ0v) is 13.8. The number of carbonyl (C=O) groups excluding carboxylic acids is 1. The Hall–Kier alpha value is -2.40. The number of carbonyl (C=O) groups is 1. The van der Waals surface area contributed by atoms with Crippen LogP contribution in [0.5, 0.6) is 0 Å². The lowest BCUT2D eigenvalue weighted by Crippen LogP contribution is -2.20. The number of nitrogens with zero attached hydrogens (tertiary/aromatic N) is 1. The highest BCUT2D eigenvalue weighted by molar-refractivity contribution is 5.98. The summed E-state index contributed by atoms with van der Waals surface area (Å²) in [5, 5.41) is 5.83. The SMILES string of the molecule is CNC(=O)c1cccnc1NCc1ccc(COC(C)C)cc1. The highest BCUT2D eigenvalue weighted by atomic mass is 16.5. The van der Waals surface area contributed by atoms with Crippen LogP contribution in [0.25, 0.3) is 0 Å². The standard InChI is InChI=1S/C18H23N3O2/c1-13(2)23-12-15-8-6-14(7-9-15)11-21-17-16(18(22)19-3)5-4-10-20-17/h4-10,13H,11-12H2,1-3H3,(H,19,22)(H,20,21). The summed E-state index contributed by atoms with van der Waals surface area (Å²) in [6, 6.07) is 11.7. The first-order chi connectivity index (χ1) is 11.1.